The molecule has 0 saturated carbocycles. The van der Waals surface area contributed by atoms with Gasteiger partial charge in [-0.2, -0.15) is 0 Å². The largest absolute Gasteiger partial charge is 0.508 e. The number of aromatic hydroxyl groups is 1. The number of nitrogens with one attached hydrogen (secondary N) is 1. The summed E-state index contributed by atoms with van der Waals surface area (Å²) in [6.07, 6.45) is 1.99. The molecule has 0 spiro atoms. The van der Waals surface area contributed by atoms with E-state index in [1.54, 1.807) is 6.07 Å². The van der Waals surface area contributed by atoms with Crippen LogP contribution in [-0.2, 0) is 6.42 Å². The van der Waals surface area contributed by atoms with Crippen LogP contribution in [-0.4, -0.2) is 5.11 Å². The number of halogens is 2. The van der Waals surface area contributed by atoms with Crippen LogP contribution >= 0.6 is 27.5 Å². The van der Waals surface area contributed by atoms with Gasteiger partial charge in [0.05, 0.1) is 16.8 Å². The maximum atomic E-state index is 9.51. The summed E-state index contributed by atoms with van der Waals surface area (Å²) in [5.74, 6) is 0.333. The van der Waals surface area contributed by atoms with Crippen molar-refractivity contribution in [1.82, 2.24) is 0 Å². The minimum Gasteiger partial charge on any atom is -0.508 e. The standard InChI is InChI=1S/C15H13BrClNO/c16-10-2-5-13(17)15(8-10)18-14-6-1-9-7-11(19)3-4-12(9)14/h2-5,7-8,14,18-19H,1,6H2. The van der Waals surface area contributed by atoms with Crippen molar-refractivity contribution in [2.24, 2.45) is 0 Å². The number of phenols is 1. The molecular formula is C15H13BrClNO. The summed E-state index contributed by atoms with van der Waals surface area (Å²) in [6, 6.07) is 11.6. The summed E-state index contributed by atoms with van der Waals surface area (Å²) in [4.78, 5) is 0. The second kappa shape index (κ2) is 5.06. The highest BCUT2D eigenvalue weighted by Crippen LogP contribution is 2.37. The van der Waals surface area contributed by atoms with Crippen molar-refractivity contribution in [1.29, 1.82) is 0 Å². The molecule has 1 aliphatic rings. The lowest BCUT2D eigenvalue weighted by atomic mass is 10.1. The van der Waals surface area contributed by atoms with Crippen molar-refractivity contribution in [2.45, 2.75) is 18.9 Å². The zero-order valence-electron chi connectivity index (χ0n) is 10.2. The molecule has 0 aromatic heterocycles. The van der Waals surface area contributed by atoms with Crippen LogP contribution in [0.5, 0.6) is 5.75 Å². The Kier molecular flexibility index (Phi) is 3.42. The summed E-state index contributed by atoms with van der Waals surface area (Å²) >= 11 is 9.66. The van der Waals surface area contributed by atoms with Gasteiger partial charge in [-0.1, -0.05) is 33.6 Å². The summed E-state index contributed by atoms with van der Waals surface area (Å²) in [5.41, 5.74) is 3.39. The molecule has 0 amide bonds. The second-order valence-electron chi connectivity index (χ2n) is 4.74. The Morgan fingerprint density at radius 2 is 2.05 bits per heavy atom. The lowest BCUT2D eigenvalue weighted by Crippen LogP contribution is -2.07. The van der Waals surface area contributed by atoms with Crippen molar-refractivity contribution in [3.05, 3.63) is 57.0 Å². The molecule has 1 unspecified atom stereocenters. The van der Waals surface area contributed by atoms with Gasteiger partial charge in [0.2, 0.25) is 0 Å². The third kappa shape index (κ3) is 2.58. The summed E-state index contributed by atoms with van der Waals surface area (Å²) in [6.45, 7) is 0. The highest BCUT2D eigenvalue weighted by molar-refractivity contribution is 9.10. The number of hydrogen-bond acceptors (Lipinski definition) is 2. The van der Waals surface area contributed by atoms with Gasteiger partial charge in [0, 0.05) is 4.47 Å². The third-order valence-electron chi connectivity index (χ3n) is 3.46. The fourth-order valence-electron chi connectivity index (χ4n) is 2.55. The lowest BCUT2D eigenvalue weighted by Gasteiger charge is -2.17. The van der Waals surface area contributed by atoms with E-state index >= 15 is 0 Å². The fourth-order valence-corrected chi connectivity index (χ4v) is 3.08. The van der Waals surface area contributed by atoms with E-state index in [9.17, 15) is 5.11 Å². The monoisotopic (exact) mass is 337 g/mol. The van der Waals surface area contributed by atoms with Crippen LogP contribution < -0.4 is 5.32 Å². The molecule has 19 heavy (non-hydrogen) atoms. The van der Waals surface area contributed by atoms with E-state index in [4.69, 9.17) is 11.6 Å². The van der Waals surface area contributed by atoms with E-state index in [1.807, 2.05) is 30.3 Å². The normalized spacial score (nSPS) is 17.3. The van der Waals surface area contributed by atoms with Gasteiger partial charge >= 0.3 is 0 Å². The molecular weight excluding hydrogens is 326 g/mol. The van der Waals surface area contributed by atoms with Crippen molar-refractivity contribution in [2.75, 3.05) is 5.32 Å². The van der Waals surface area contributed by atoms with Crippen molar-refractivity contribution in [3.8, 4) is 5.75 Å². The highest BCUT2D eigenvalue weighted by atomic mass is 79.9. The van der Waals surface area contributed by atoms with Gasteiger partial charge in [0.1, 0.15) is 5.75 Å². The van der Waals surface area contributed by atoms with Gasteiger partial charge in [-0.15, -0.1) is 0 Å². The topological polar surface area (TPSA) is 32.3 Å². The average molecular weight is 339 g/mol. The average Bonchev–Trinajstić information content (AvgIpc) is 2.76. The first kappa shape index (κ1) is 12.8. The van der Waals surface area contributed by atoms with E-state index in [0.29, 0.717) is 5.75 Å². The summed E-state index contributed by atoms with van der Waals surface area (Å²) in [7, 11) is 0. The molecule has 3 rings (SSSR count). The number of aryl methyl sites for hydroxylation is 1. The van der Waals surface area contributed by atoms with E-state index in [0.717, 1.165) is 28.0 Å². The zero-order chi connectivity index (χ0) is 13.4. The predicted molar refractivity (Wildman–Crippen MR) is 81.9 cm³/mol. The molecule has 2 aromatic rings. The molecule has 1 atom stereocenters. The zero-order valence-corrected chi connectivity index (χ0v) is 12.5. The first-order valence-corrected chi connectivity index (χ1v) is 7.34. The van der Waals surface area contributed by atoms with Gasteiger partial charge < -0.3 is 10.4 Å². The number of hydrogen-bond donors (Lipinski definition) is 2. The Balaban J connectivity index is 1.88. The number of benzene rings is 2. The molecule has 0 aliphatic heterocycles. The molecule has 4 heteroatoms. The van der Waals surface area contributed by atoms with E-state index in [-0.39, 0.29) is 6.04 Å². The number of fused-ring (bicyclic) bond motifs is 1. The minimum absolute atomic E-state index is 0.252. The minimum atomic E-state index is 0.252. The number of anilines is 1. The van der Waals surface area contributed by atoms with E-state index in [2.05, 4.69) is 21.2 Å². The van der Waals surface area contributed by atoms with Crippen LogP contribution in [0.25, 0.3) is 0 Å². The van der Waals surface area contributed by atoms with Gasteiger partial charge in [0.15, 0.2) is 0 Å². The molecule has 2 aromatic carbocycles. The Morgan fingerprint density at radius 3 is 2.89 bits per heavy atom. The van der Waals surface area contributed by atoms with Crippen LogP contribution in [0.1, 0.15) is 23.6 Å². The first-order chi connectivity index (χ1) is 9.13. The lowest BCUT2D eigenvalue weighted by molar-refractivity contribution is 0.474. The van der Waals surface area contributed by atoms with Gasteiger partial charge in [-0.3, -0.25) is 0 Å². The number of rotatable bonds is 2. The Bertz CT molecular complexity index is 630. The summed E-state index contributed by atoms with van der Waals surface area (Å²) in [5, 5.41) is 13.7. The molecule has 98 valence electrons. The molecule has 1 aliphatic carbocycles. The smallest absolute Gasteiger partial charge is 0.115 e. The van der Waals surface area contributed by atoms with Crippen LogP contribution in [0.4, 0.5) is 5.69 Å². The Hall–Kier alpha value is -1.19. The summed E-state index contributed by atoms with van der Waals surface area (Å²) < 4.78 is 1.00. The van der Waals surface area contributed by atoms with Crippen LogP contribution in [0, 0.1) is 0 Å². The second-order valence-corrected chi connectivity index (χ2v) is 6.07. The molecule has 2 N–H and O–H groups in total. The van der Waals surface area contributed by atoms with Crippen molar-refractivity contribution in [3.63, 3.8) is 0 Å². The Morgan fingerprint density at radius 1 is 1.21 bits per heavy atom. The van der Waals surface area contributed by atoms with Crippen LogP contribution in [0.3, 0.4) is 0 Å². The molecule has 0 heterocycles. The molecule has 0 fully saturated rings. The highest BCUT2D eigenvalue weighted by Gasteiger charge is 2.23. The predicted octanol–water partition coefficient (Wildman–Crippen LogP) is 4.91. The van der Waals surface area contributed by atoms with Crippen LogP contribution in [0.15, 0.2) is 40.9 Å². The fraction of sp³-hybridized carbons (Fsp3) is 0.200. The van der Waals surface area contributed by atoms with Crippen molar-refractivity contribution >= 4 is 33.2 Å². The first-order valence-electron chi connectivity index (χ1n) is 6.17. The van der Waals surface area contributed by atoms with Gasteiger partial charge in [-0.05, 0) is 54.3 Å². The maximum Gasteiger partial charge on any atom is 0.115 e. The van der Waals surface area contributed by atoms with Gasteiger partial charge in [-0.25, -0.2) is 0 Å². The van der Waals surface area contributed by atoms with Gasteiger partial charge in [0.25, 0.3) is 0 Å². The Labute approximate surface area is 125 Å². The molecule has 2 nitrogen and oxygen atoms in total. The molecule has 0 radical (unpaired) electrons. The van der Waals surface area contributed by atoms with Crippen LogP contribution in [0.2, 0.25) is 5.02 Å². The SMILES string of the molecule is Oc1ccc2c(c1)CCC2Nc1cc(Br)ccc1Cl. The number of phenolic OH excluding ortho intramolecular Hbond substituents is 1. The van der Waals surface area contributed by atoms with Crippen molar-refractivity contribution < 1.29 is 5.11 Å². The third-order valence-corrected chi connectivity index (χ3v) is 4.29. The quantitative estimate of drug-likeness (QED) is 0.815. The maximum absolute atomic E-state index is 9.51. The van der Waals surface area contributed by atoms with E-state index < -0.39 is 0 Å². The van der Waals surface area contributed by atoms with E-state index in [1.165, 1.54) is 11.1 Å². The molecule has 0 saturated heterocycles. The molecule has 0 bridgehead atoms.